The van der Waals surface area contributed by atoms with Crippen LogP contribution in [0, 0.1) is 5.92 Å². The summed E-state index contributed by atoms with van der Waals surface area (Å²) in [4.78, 5) is 23.6. The summed E-state index contributed by atoms with van der Waals surface area (Å²) >= 11 is 5.96. The standard InChI is InChI=1S/C15H19ClN2O3.ClH/c1-21-15(20)11-7-12(16)9-13(8-11)18-14(19)6-10-2-4-17-5-3-10;/h7-10,17H,2-6H2,1H3,(H,18,19);1H. The molecule has 0 saturated carbocycles. The van der Waals surface area contributed by atoms with E-state index in [9.17, 15) is 9.59 Å². The Hall–Kier alpha value is -1.30. The zero-order valence-electron chi connectivity index (χ0n) is 12.4. The van der Waals surface area contributed by atoms with E-state index in [1.54, 1.807) is 12.1 Å². The number of amides is 1. The number of halogens is 2. The van der Waals surface area contributed by atoms with Crippen LogP contribution in [0.2, 0.25) is 5.02 Å². The van der Waals surface area contributed by atoms with Gasteiger partial charge in [-0.2, -0.15) is 0 Å². The molecule has 0 radical (unpaired) electrons. The lowest BCUT2D eigenvalue weighted by atomic mass is 9.94. The molecule has 1 fully saturated rings. The van der Waals surface area contributed by atoms with Crippen molar-refractivity contribution in [2.75, 3.05) is 25.5 Å². The molecule has 0 aliphatic carbocycles. The van der Waals surface area contributed by atoms with E-state index in [-0.39, 0.29) is 18.3 Å². The second-order valence-electron chi connectivity index (χ2n) is 5.17. The molecular weight excluding hydrogens is 327 g/mol. The van der Waals surface area contributed by atoms with Crippen LogP contribution in [0.25, 0.3) is 0 Å². The Bertz CT molecular complexity index is 532. The van der Waals surface area contributed by atoms with Gasteiger partial charge in [0.25, 0.3) is 0 Å². The van der Waals surface area contributed by atoms with Crippen LogP contribution >= 0.6 is 24.0 Å². The van der Waals surface area contributed by atoms with Gasteiger partial charge in [0, 0.05) is 17.1 Å². The lowest BCUT2D eigenvalue weighted by Crippen LogP contribution is -2.30. The van der Waals surface area contributed by atoms with Gasteiger partial charge in [0.15, 0.2) is 0 Å². The van der Waals surface area contributed by atoms with Crippen molar-refractivity contribution in [3.05, 3.63) is 28.8 Å². The summed E-state index contributed by atoms with van der Waals surface area (Å²) in [6, 6.07) is 4.70. The highest BCUT2D eigenvalue weighted by Crippen LogP contribution is 2.21. The topological polar surface area (TPSA) is 67.4 Å². The summed E-state index contributed by atoms with van der Waals surface area (Å²) in [6.07, 6.45) is 2.51. The van der Waals surface area contributed by atoms with Crippen molar-refractivity contribution in [3.8, 4) is 0 Å². The van der Waals surface area contributed by atoms with Crippen LogP contribution in [-0.4, -0.2) is 32.1 Å². The molecule has 1 amide bonds. The minimum atomic E-state index is -0.480. The first kappa shape index (κ1) is 18.7. The van der Waals surface area contributed by atoms with Crippen molar-refractivity contribution < 1.29 is 14.3 Å². The third-order valence-corrected chi connectivity index (χ3v) is 3.75. The molecule has 0 atom stereocenters. The van der Waals surface area contributed by atoms with Gasteiger partial charge in [-0.05, 0) is 50.0 Å². The molecule has 2 rings (SSSR count). The molecule has 7 heteroatoms. The fourth-order valence-electron chi connectivity index (χ4n) is 2.46. The maximum atomic E-state index is 12.1. The molecule has 0 unspecified atom stereocenters. The number of ether oxygens (including phenoxy) is 1. The zero-order chi connectivity index (χ0) is 15.2. The summed E-state index contributed by atoms with van der Waals surface area (Å²) in [6.45, 7) is 1.92. The molecule has 1 aromatic carbocycles. The van der Waals surface area contributed by atoms with Crippen LogP contribution in [0.1, 0.15) is 29.6 Å². The summed E-state index contributed by atoms with van der Waals surface area (Å²) in [5.41, 5.74) is 0.837. The highest BCUT2D eigenvalue weighted by atomic mass is 35.5. The number of benzene rings is 1. The van der Waals surface area contributed by atoms with Crippen molar-refractivity contribution in [2.24, 2.45) is 5.92 Å². The number of esters is 1. The number of rotatable bonds is 4. The third kappa shape index (κ3) is 5.48. The summed E-state index contributed by atoms with van der Waals surface area (Å²) in [5, 5.41) is 6.45. The predicted molar refractivity (Wildman–Crippen MR) is 88.9 cm³/mol. The molecule has 1 aliphatic heterocycles. The lowest BCUT2D eigenvalue weighted by molar-refractivity contribution is -0.117. The Kier molecular flexibility index (Phi) is 7.65. The van der Waals surface area contributed by atoms with E-state index in [0.29, 0.717) is 28.6 Å². The van der Waals surface area contributed by atoms with E-state index in [1.807, 2.05) is 0 Å². The molecule has 2 N–H and O–H groups in total. The SMILES string of the molecule is COC(=O)c1cc(Cl)cc(NC(=O)CC2CCNCC2)c1.Cl. The molecule has 1 aromatic rings. The Morgan fingerprint density at radius 2 is 2.00 bits per heavy atom. The minimum absolute atomic E-state index is 0. The first-order valence-corrected chi connectivity index (χ1v) is 7.36. The van der Waals surface area contributed by atoms with Crippen LogP contribution < -0.4 is 10.6 Å². The molecule has 122 valence electrons. The normalized spacial score (nSPS) is 14.8. The lowest BCUT2D eigenvalue weighted by Gasteiger charge is -2.22. The number of methoxy groups -OCH3 is 1. The average molecular weight is 347 g/mol. The molecule has 1 aliphatic rings. The molecule has 1 heterocycles. The number of hydrogen-bond donors (Lipinski definition) is 2. The van der Waals surface area contributed by atoms with E-state index in [4.69, 9.17) is 11.6 Å². The van der Waals surface area contributed by atoms with E-state index >= 15 is 0 Å². The second kappa shape index (κ2) is 8.98. The maximum absolute atomic E-state index is 12.1. The number of nitrogens with one attached hydrogen (secondary N) is 2. The molecule has 1 saturated heterocycles. The number of piperidine rings is 1. The van der Waals surface area contributed by atoms with Crippen molar-refractivity contribution in [2.45, 2.75) is 19.3 Å². The van der Waals surface area contributed by atoms with Crippen LogP contribution in [-0.2, 0) is 9.53 Å². The summed E-state index contributed by atoms with van der Waals surface area (Å²) in [7, 11) is 1.30. The van der Waals surface area contributed by atoms with Gasteiger partial charge >= 0.3 is 5.97 Å². The first-order chi connectivity index (χ1) is 10.1. The highest BCUT2D eigenvalue weighted by Gasteiger charge is 2.17. The average Bonchev–Trinajstić information content (AvgIpc) is 2.46. The maximum Gasteiger partial charge on any atom is 0.337 e. The van der Waals surface area contributed by atoms with Crippen molar-refractivity contribution >= 4 is 41.6 Å². The summed E-state index contributed by atoms with van der Waals surface area (Å²) < 4.78 is 4.66. The molecule has 22 heavy (non-hydrogen) atoms. The van der Waals surface area contributed by atoms with E-state index in [2.05, 4.69) is 15.4 Å². The van der Waals surface area contributed by atoms with Gasteiger partial charge < -0.3 is 15.4 Å². The second-order valence-corrected chi connectivity index (χ2v) is 5.60. The van der Waals surface area contributed by atoms with E-state index < -0.39 is 5.97 Å². The molecular formula is C15H20Cl2N2O3. The van der Waals surface area contributed by atoms with Crippen molar-refractivity contribution in [1.82, 2.24) is 5.32 Å². The van der Waals surface area contributed by atoms with Gasteiger partial charge in [0.1, 0.15) is 0 Å². The minimum Gasteiger partial charge on any atom is -0.465 e. The monoisotopic (exact) mass is 346 g/mol. The van der Waals surface area contributed by atoms with Gasteiger partial charge in [-0.1, -0.05) is 11.6 Å². The number of anilines is 1. The number of carbonyl (C=O) groups excluding carboxylic acids is 2. The Labute approximate surface area is 141 Å². The van der Waals surface area contributed by atoms with Gasteiger partial charge in [0.2, 0.25) is 5.91 Å². The van der Waals surface area contributed by atoms with Gasteiger partial charge in [-0.15, -0.1) is 12.4 Å². The highest BCUT2D eigenvalue weighted by molar-refractivity contribution is 6.31. The fourth-order valence-corrected chi connectivity index (χ4v) is 2.69. The van der Waals surface area contributed by atoms with Gasteiger partial charge in [-0.25, -0.2) is 4.79 Å². The van der Waals surface area contributed by atoms with E-state index in [0.717, 1.165) is 25.9 Å². The number of hydrogen-bond acceptors (Lipinski definition) is 4. The van der Waals surface area contributed by atoms with E-state index in [1.165, 1.54) is 13.2 Å². The molecule has 0 aromatic heterocycles. The largest absolute Gasteiger partial charge is 0.465 e. The van der Waals surface area contributed by atoms with Crippen molar-refractivity contribution in [3.63, 3.8) is 0 Å². The van der Waals surface area contributed by atoms with Crippen LogP contribution in [0.15, 0.2) is 18.2 Å². The summed E-state index contributed by atoms with van der Waals surface area (Å²) in [5.74, 6) is -0.128. The smallest absolute Gasteiger partial charge is 0.337 e. The van der Waals surface area contributed by atoms with Crippen LogP contribution in [0.4, 0.5) is 5.69 Å². The van der Waals surface area contributed by atoms with Crippen LogP contribution in [0.3, 0.4) is 0 Å². The molecule has 0 spiro atoms. The zero-order valence-corrected chi connectivity index (χ0v) is 13.9. The Morgan fingerprint density at radius 3 is 2.64 bits per heavy atom. The van der Waals surface area contributed by atoms with Crippen molar-refractivity contribution in [1.29, 1.82) is 0 Å². The third-order valence-electron chi connectivity index (χ3n) is 3.54. The first-order valence-electron chi connectivity index (χ1n) is 6.98. The predicted octanol–water partition coefficient (Wildman–Crippen LogP) is 2.88. The fraction of sp³-hybridized carbons (Fsp3) is 0.467. The Morgan fingerprint density at radius 1 is 1.32 bits per heavy atom. The Balaban J connectivity index is 0.00000242. The van der Waals surface area contributed by atoms with Gasteiger partial charge in [0.05, 0.1) is 12.7 Å². The number of carbonyl (C=O) groups is 2. The van der Waals surface area contributed by atoms with Crippen LogP contribution in [0.5, 0.6) is 0 Å². The quantitative estimate of drug-likeness (QED) is 0.822. The van der Waals surface area contributed by atoms with Gasteiger partial charge in [-0.3, -0.25) is 4.79 Å². The molecule has 5 nitrogen and oxygen atoms in total. The molecule has 0 bridgehead atoms.